The Balaban J connectivity index is 1.87. The molecule has 1 aliphatic rings. The third kappa shape index (κ3) is 1.88. The number of aryl methyl sites for hydroxylation is 1. The van der Waals surface area contributed by atoms with Crippen molar-refractivity contribution in [3.8, 4) is 0 Å². The Morgan fingerprint density at radius 3 is 3.12 bits per heavy atom. The fraction of sp³-hybridized carbons (Fsp3) is 0.286. The third-order valence-corrected chi connectivity index (χ3v) is 3.48. The predicted octanol–water partition coefficient (Wildman–Crippen LogP) is 2.33. The highest BCUT2D eigenvalue weighted by atomic mass is 14.7. The summed E-state index contributed by atoms with van der Waals surface area (Å²) < 4.78 is 0. The van der Waals surface area contributed by atoms with Gasteiger partial charge in [-0.15, -0.1) is 0 Å². The fourth-order valence-corrected chi connectivity index (χ4v) is 2.57. The van der Waals surface area contributed by atoms with Crippen LogP contribution in [0.2, 0.25) is 0 Å². The summed E-state index contributed by atoms with van der Waals surface area (Å²) in [4.78, 5) is 8.65. The van der Waals surface area contributed by atoms with Crippen LogP contribution in [0.3, 0.4) is 0 Å². The van der Waals surface area contributed by atoms with Crippen molar-refractivity contribution in [1.82, 2.24) is 9.97 Å². The van der Waals surface area contributed by atoms with Gasteiger partial charge in [0.15, 0.2) is 0 Å². The Kier molecular flexibility index (Phi) is 2.52. The molecule has 3 rings (SSSR count). The molecule has 3 heteroatoms. The summed E-state index contributed by atoms with van der Waals surface area (Å²) in [7, 11) is 0. The van der Waals surface area contributed by atoms with Gasteiger partial charge >= 0.3 is 0 Å². The molecule has 17 heavy (non-hydrogen) atoms. The van der Waals surface area contributed by atoms with Gasteiger partial charge in [-0.2, -0.15) is 0 Å². The Morgan fingerprint density at radius 1 is 1.29 bits per heavy atom. The second-order valence-corrected chi connectivity index (χ2v) is 4.56. The Bertz CT molecular complexity index is 536. The van der Waals surface area contributed by atoms with E-state index < -0.39 is 0 Å². The summed E-state index contributed by atoms with van der Waals surface area (Å²) in [5.41, 5.74) is 10.6. The first-order valence-electron chi connectivity index (χ1n) is 5.97. The average Bonchev–Trinajstić information content (AvgIpc) is 2.76. The van der Waals surface area contributed by atoms with Crippen molar-refractivity contribution in [2.75, 3.05) is 5.73 Å². The molecule has 0 aliphatic heterocycles. The molecule has 2 aromatic heterocycles. The number of rotatable bonds is 2. The summed E-state index contributed by atoms with van der Waals surface area (Å²) in [6.45, 7) is 0. The molecule has 0 saturated carbocycles. The van der Waals surface area contributed by atoms with E-state index in [1.54, 1.807) is 6.20 Å². The van der Waals surface area contributed by atoms with Gasteiger partial charge in [0.1, 0.15) is 0 Å². The minimum absolute atomic E-state index is 0.498. The lowest BCUT2D eigenvalue weighted by Crippen LogP contribution is -2.03. The molecule has 2 heterocycles. The van der Waals surface area contributed by atoms with Crippen LogP contribution in [0.25, 0.3) is 0 Å². The lowest BCUT2D eigenvalue weighted by atomic mass is 9.97. The molecule has 0 saturated heterocycles. The molecule has 2 N–H and O–H groups in total. The zero-order chi connectivity index (χ0) is 11.7. The van der Waals surface area contributed by atoms with Crippen LogP contribution in [0.4, 0.5) is 5.69 Å². The van der Waals surface area contributed by atoms with E-state index in [0.717, 1.165) is 24.1 Å². The molecule has 2 aromatic rings. The predicted molar refractivity (Wildman–Crippen MR) is 67.7 cm³/mol. The second kappa shape index (κ2) is 4.17. The van der Waals surface area contributed by atoms with E-state index in [4.69, 9.17) is 5.73 Å². The van der Waals surface area contributed by atoms with Crippen molar-refractivity contribution in [2.24, 2.45) is 0 Å². The van der Waals surface area contributed by atoms with Crippen molar-refractivity contribution >= 4 is 5.69 Å². The summed E-state index contributed by atoms with van der Waals surface area (Å²) in [6, 6.07) is 6.05. The fourth-order valence-electron chi connectivity index (χ4n) is 2.57. The topological polar surface area (TPSA) is 51.8 Å². The van der Waals surface area contributed by atoms with E-state index >= 15 is 0 Å². The highest BCUT2D eigenvalue weighted by Crippen LogP contribution is 2.34. The average molecular weight is 225 g/mol. The standard InChI is InChI=1S/C14H15N3/c15-13-5-7-16-9-12(13)8-11-4-3-10-2-1-6-17-14(10)11/h1-2,5-7,9,11H,3-4,8H2,(H2,15,16). The van der Waals surface area contributed by atoms with Gasteiger partial charge in [-0.1, -0.05) is 6.07 Å². The zero-order valence-corrected chi connectivity index (χ0v) is 9.63. The molecule has 1 atom stereocenters. The summed E-state index contributed by atoms with van der Waals surface area (Å²) in [5.74, 6) is 0.498. The number of anilines is 1. The van der Waals surface area contributed by atoms with Crippen molar-refractivity contribution in [1.29, 1.82) is 0 Å². The van der Waals surface area contributed by atoms with Crippen LogP contribution < -0.4 is 5.73 Å². The van der Waals surface area contributed by atoms with Crippen LogP contribution in [0.15, 0.2) is 36.8 Å². The normalized spacial score (nSPS) is 18.0. The maximum atomic E-state index is 5.96. The van der Waals surface area contributed by atoms with Gasteiger partial charge in [0.25, 0.3) is 0 Å². The molecule has 0 spiro atoms. The number of hydrogen-bond donors (Lipinski definition) is 1. The molecule has 0 bridgehead atoms. The molecule has 3 nitrogen and oxygen atoms in total. The molecule has 0 fully saturated rings. The highest BCUT2D eigenvalue weighted by molar-refractivity contribution is 5.45. The van der Waals surface area contributed by atoms with E-state index in [9.17, 15) is 0 Å². The quantitative estimate of drug-likeness (QED) is 0.853. The van der Waals surface area contributed by atoms with Crippen molar-refractivity contribution in [3.05, 3.63) is 53.6 Å². The van der Waals surface area contributed by atoms with Gasteiger partial charge in [0, 0.05) is 35.9 Å². The smallest absolute Gasteiger partial charge is 0.0469 e. The van der Waals surface area contributed by atoms with Gasteiger partial charge in [0.05, 0.1) is 0 Å². The summed E-state index contributed by atoms with van der Waals surface area (Å²) >= 11 is 0. The minimum Gasteiger partial charge on any atom is -0.398 e. The van der Waals surface area contributed by atoms with E-state index in [-0.39, 0.29) is 0 Å². The molecule has 1 unspecified atom stereocenters. The van der Waals surface area contributed by atoms with Crippen molar-refractivity contribution in [3.63, 3.8) is 0 Å². The first-order valence-corrected chi connectivity index (χ1v) is 5.97. The number of pyridine rings is 2. The molecular weight excluding hydrogens is 210 g/mol. The number of fused-ring (bicyclic) bond motifs is 1. The van der Waals surface area contributed by atoms with Gasteiger partial charge in [-0.05, 0) is 42.5 Å². The molecule has 0 radical (unpaired) electrons. The zero-order valence-electron chi connectivity index (χ0n) is 9.63. The van der Waals surface area contributed by atoms with E-state index in [1.807, 2.05) is 24.5 Å². The number of nitrogens with zero attached hydrogens (tertiary/aromatic N) is 2. The SMILES string of the molecule is Nc1ccncc1CC1CCc2cccnc21. The molecule has 86 valence electrons. The van der Waals surface area contributed by atoms with Crippen LogP contribution in [0, 0.1) is 0 Å². The number of nitrogen functional groups attached to an aromatic ring is 1. The van der Waals surface area contributed by atoms with Gasteiger partial charge in [-0.25, -0.2) is 0 Å². The number of hydrogen-bond acceptors (Lipinski definition) is 3. The minimum atomic E-state index is 0.498. The monoisotopic (exact) mass is 225 g/mol. The Hall–Kier alpha value is -1.90. The van der Waals surface area contributed by atoms with E-state index in [0.29, 0.717) is 5.92 Å². The largest absolute Gasteiger partial charge is 0.398 e. The van der Waals surface area contributed by atoms with Gasteiger partial charge in [0.2, 0.25) is 0 Å². The molecule has 0 amide bonds. The van der Waals surface area contributed by atoms with E-state index in [1.165, 1.54) is 17.7 Å². The van der Waals surface area contributed by atoms with E-state index in [2.05, 4.69) is 16.0 Å². The third-order valence-electron chi connectivity index (χ3n) is 3.48. The molecular formula is C14H15N3. The molecule has 0 aromatic carbocycles. The van der Waals surface area contributed by atoms with Gasteiger partial charge < -0.3 is 5.73 Å². The van der Waals surface area contributed by atoms with Crippen molar-refractivity contribution < 1.29 is 0 Å². The highest BCUT2D eigenvalue weighted by Gasteiger charge is 2.24. The van der Waals surface area contributed by atoms with Crippen molar-refractivity contribution in [2.45, 2.75) is 25.2 Å². The maximum Gasteiger partial charge on any atom is 0.0469 e. The van der Waals surface area contributed by atoms with Gasteiger partial charge in [-0.3, -0.25) is 9.97 Å². The number of aromatic nitrogens is 2. The van der Waals surface area contributed by atoms with Crippen LogP contribution in [-0.4, -0.2) is 9.97 Å². The second-order valence-electron chi connectivity index (χ2n) is 4.56. The summed E-state index contributed by atoms with van der Waals surface area (Å²) in [6.07, 6.45) is 8.73. The van der Waals surface area contributed by atoms with Crippen LogP contribution in [0.5, 0.6) is 0 Å². The van der Waals surface area contributed by atoms with Crippen LogP contribution >= 0.6 is 0 Å². The Morgan fingerprint density at radius 2 is 2.24 bits per heavy atom. The van der Waals surface area contributed by atoms with Crippen LogP contribution in [0.1, 0.15) is 29.2 Å². The first-order chi connectivity index (χ1) is 8.34. The van der Waals surface area contributed by atoms with Crippen LogP contribution in [-0.2, 0) is 12.8 Å². The lowest BCUT2D eigenvalue weighted by molar-refractivity contribution is 0.660. The first kappa shape index (κ1) is 10.3. The Labute approximate surface area is 101 Å². The lowest BCUT2D eigenvalue weighted by Gasteiger charge is -2.11. The molecule has 1 aliphatic carbocycles. The number of nitrogens with two attached hydrogens (primary N) is 1. The maximum absolute atomic E-state index is 5.96. The summed E-state index contributed by atoms with van der Waals surface area (Å²) in [5, 5.41) is 0.